The van der Waals surface area contributed by atoms with Crippen molar-refractivity contribution in [3.63, 3.8) is 0 Å². The summed E-state index contributed by atoms with van der Waals surface area (Å²) in [6.07, 6.45) is 12.4. The number of hydrogen-bond acceptors (Lipinski definition) is 3. The van der Waals surface area contributed by atoms with Crippen LogP contribution >= 0.6 is 0 Å². The Morgan fingerprint density at radius 2 is 1.76 bits per heavy atom. The first kappa shape index (κ1) is 29.0. The number of anilines is 2. The molecule has 0 aliphatic heterocycles. The lowest BCUT2D eigenvalue weighted by Crippen LogP contribution is -2.31. The van der Waals surface area contributed by atoms with E-state index in [4.69, 9.17) is 5.73 Å². The molecule has 0 saturated heterocycles. The molecule has 0 radical (unpaired) electrons. The summed E-state index contributed by atoms with van der Waals surface area (Å²) in [7, 11) is 2.02. The van der Waals surface area contributed by atoms with Gasteiger partial charge >= 0.3 is 0 Å². The minimum atomic E-state index is 0. The fraction of sp³-hybridized carbons (Fsp3) is 0.382. The number of nitrogens with two attached hydrogens (primary N) is 1. The minimum Gasteiger partial charge on any atom is -0.398 e. The predicted octanol–water partition coefficient (Wildman–Crippen LogP) is 8.73. The third kappa shape index (κ3) is 5.80. The monoisotopic (exact) mass is 510 g/mol. The van der Waals surface area contributed by atoms with Crippen molar-refractivity contribution in [3.05, 3.63) is 116 Å². The van der Waals surface area contributed by atoms with Crippen molar-refractivity contribution in [2.45, 2.75) is 69.6 Å². The molecule has 2 aliphatic carbocycles. The molecule has 202 valence electrons. The fourth-order valence-electron chi connectivity index (χ4n) is 6.45. The molecular weight excluding hydrogens is 464 g/mol. The van der Waals surface area contributed by atoms with Gasteiger partial charge in [-0.3, -0.25) is 4.68 Å². The molecule has 1 atom stereocenters. The molecule has 0 amide bonds. The second kappa shape index (κ2) is 12.8. The zero-order valence-corrected chi connectivity index (χ0v) is 22.3. The van der Waals surface area contributed by atoms with Crippen LogP contribution in [-0.4, -0.2) is 9.78 Å². The molecular formula is C34H46N4. The van der Waals surface area contributed by atoms with Crippen molar-refractivity contribution in [2.75, 3.05) is 11.1 Å². The Morgan fingerprint density at radius 1 is 1.08 bits per heavy atom. The highest BCUT2D eigenvalue weighted by Gasteiger charge is 2.39. The standard InChI is InChI=1S/C31H38N4.C2H4.CH4/c1-4-31(16-9-6-10-17-31)27-14-13-26(21-28(27)32)34-22(2)30(29-15-18-33-35(29)3)25-19-24(20-25)23-11-7-5-8-12-23;1-2;/h4-5,7-8,11-15,18,21,24-25,30,34H,1-2,6,9-10,16-17,19-20,32H2,3H3;1-2H2;1H4. The zero-order valence-electron chi connectivity index (χ0n) is 22.3. The summed E-state index contributed by atoms with van der Waals surface area (Å²) >= 11 is 0. The maximum absolute atomic E-state index is 6.63. The number of hydrogen-bond donors (Lipinski definition) is 2. The van der Waals surface area contributed by atoms with Crippen LogP contribution < -0.4 is 11.1 Å². The average Bonchev–Trinajstić information content (AvgIpc) is 3.33. The predicted molar refractivity (Wildman–Crippen MR) is 164 cm³/mol. The van der Waals surface area contributed by atoms with Crippen molar-refractivity contribution in [2.24, 2.45) is 13.0 Å². The van der Waals surface area contributed by atoms with Gasteiger partial charge in [0.1, 0.15) is 0 Å². The van der Waals surface area contributed by atoms with Crippen molar-refractivity contribution >= 4 is 11.4 Å². The van der Waals surface area contributed by atoms with Crippen molar-refractivity contribution < 1.29 is 0 Å². The maximum Gasteiger partial charge on any atom is 0.0492 e. The summed E-state index contributed by atoms with van der Waals surface area (Å²) in [6.45, 7) is 14.7. The summed E-state index contributed by atoms with van der Waals surface area (Å²) in [5.74, 6) is 1.34. The van der Waals surface area contributed by atoms with E-state index in [1.807, 2.05) is 17.9 Å². The molecule has 2 aromatic carbocycles. The van der Waals surface area contributed by atoms with Crippen molar-refractivity contribution in [3.8, 4) is 0 Å². The molecule has 2 saturated carbocycles. The SMILES string of the molecule is C.C=C.C=CC1(c2ccc(NC(=C)C(c3ccnn3C)C3CC(c4ccccc4)C3)cc2N)CCCCC1. The quantitative estimate of drug-likeness (QED) is 0.235. The largest absolute Gasteiger partial charge is 0.398 e. The maximum atomic E-state index is 6.63. The van der Waals surface area contributed by atoms with Gasteiger partial charge in [0.2, 0.25) is 0 Å². The topological polar surface area (TPSA) is 55.9 Å². The van der Waals surface area contributed by atoms with E-state index in [0.717, 1.165) is 42.8 Å². The Bertz CT molecular complexity index is 1200. The normalized spacial score (nSPS) is 20.4. The van der Waals surface area contributed by atoms with Crippen molar-refractivity contribution in [1.82, 2.24) is 9.78 Å². The summed E-state index contributed by atoms with van der Waals surface area (Å²) in [5.41, 5.74) is 13.3. The number of aromatic nitrogens is 2. The third-order valence-electron chi connectivity index (χ3n) is 8.50. The van der Waals surface area contributed by atoms with E-state index < -0.39 is 0 Å². The van der Waals surface area contributed by atoms with E-state index in [1.54, 1.807) is 0 Å². The molecule has 5 rings (SSSR count). The van der Waals surface area contributed by atoms with Crippen LogP contribution in [0.1, 0.15) is 81.0 Å². The number of aryl methyl sites for hydroxylation is 1. The van der Waals surface area contributed by atoms with Crippen LogP contribution in [-0.2, 0) is 12.5 Å². The molecule has 1 aromatic heterocycles. The number of nitrogens with zero attached hydrogens (tertiary/aromatic N) is 2. The molecule has 2 fully saturated rings. The first-order valence-corrected chi connectivity index (χ1v) is 13.5. The van der Waals surface area contributed by atoms with Gasteiger partial charge in [-0.25, -0.2) is 0 Å². The van der Waals surface area contributed by atoms with Crippen LogP contribution in [0.3, 0.4) is 0 Å². The summed E-state index contributed by atoms with van der Waals surface area (Å²) in [4.78, 5) is 0. The van der Waals surface area contributed by atoms with Crippen LogP contribution in [0, 0.1) is 5.92 Å². The average molecular weight is 511 g/mol. The van der Waals surface area contributed by atoms with E-state index in [0.29, 0.717) is 11.8 Å². The van der Waals surface area contributed by atoms with Gasteiger partial charge in [0.25, 0.3) is 0 Å². The van der Waals surface area contributed by atoms with Crippen LogP contribution in [0.2, 0.25) is 0 Å². The molecule has 1 heterocycles. The molecule has 0 spiro atoms. The zero-order chi connectivity index (χ0) is 26.4. The van der Waals surface area contributed by atoms with E-state index >= 15 is 0 Å². The Morgan fingerprint density at radius 3 is 2.34 bits per heavy atom. The van der Waals surface area contributed by atoms with Crippen LogP contribution in [0.25, 0.3) is 0 Å². The fourth-order valence-corrected chi connectivity index (χ4v) is 6.45. The number of nitrogens with one attached hydrogen (secondary N) is 1. The lowest BCUT2D eigenvalue weighted by Gasteiger charge is -2.41. The van der Waals surface area contributed by atoms with Gasteiger partial charge in [-0.15, -0.1) is 19.7 Å². The second-order valence-electron chi connectivity index (χ2n) is 10.6. The van der Waals surface area contributed by atoms with E-state index in [-0.39, 0.29) is 18.8 Å². The van der Waals surface area contributed by atoms with Crippen LogP contribution in [0.5, 0.6) is 0 Å². The molecule has 38 heavy (non-hydrogen) atoms. The number of nitrogen functional groups attached to an aromatic ring is 1. The molecule has 1 unspecified atom stereocenters. The summed E-state index contributed by atoms with van der Waals surface area (Å²) in [5, 5.41) is 8.08. The molecule has 3 N–H and O–H groups in total. The first-order valence-electron chi connectivity index (χ1n) is 13.5. The highest BCUT2D eigenvalue weighted by molar-refractivity contribution is 5.64. The van der Waals surface area contributed by atoms with Gasteiger partial charge in [-0.05, 0) is 66.8 Å². The first-order chi connectivity index (χ1) is 18.0. The lowest BCUT2D eigenvalue weighted by atomic mass is 9.64. The van der Waals surface area contributed by atoms with E-state index in [2.05, 4.69) is 97.4 Å². The van der Waals surface area contributed by atoms with Gasteiger partial charge in [0.05, 0.1) is 0 Å². The highest BCUT2D eigenvalue weighted by atomic mass is 15.3. The van der Waals surface area contributed by atoms with E-state index in [1.165, 1.54) is 36.1 Å². The Balaban J connectivity index is 0.00000130. The Hall–Kier alpha value is -3.53. The molecule has 3 aromatic rings. The molecule has 4 nitrogen and oxygen atoms in total. The molecule has 2 aliphatic rings. The Kier molecular flexibility index (Phi) is 9.79. The second-order valence-corrected chi connectivity index (χ2v) is 10.6. The van der Waals surface area contributed by atoms with Crippen LogP contribution in [0.15, 0.2) is 98.9 Å². The smallest absolute Gasteiger partial charge is 0.0492 e. The van der Waals surface area contributed by atoms with Gasteiger partial charge in [0.15, 0.2) is 0 Å². The summed E-state index contributed by atoms with van der Waals surface area (Å²) < 4.78 is 1.99. The highest BCUT2D eigenvalue weighted by Crippen LogP contribution is 2.50. The van der Waals surface area contributed by atoms with Gasteiger partial charge in [0, 0.05) is 47.3 Å². The molecule has 4 heteroatoms. The van der Waals surface area contributed by atoms with Crippen LogP contribution in [0.4, 0.5) is 11.4 Å². The summed E-state index contributed by atoms with van der Waals surface area (Å²) in [6, 6.07) is 19.4. The number of allylic oxidation sites excluding steroid dienone is 2. The van der Waals surface area contributed by atoms with E-state index in [9.17, 15) is 0 Å². The third-order valence-corrected chi connectivity index (χ3v) is 8.50. The van der Waals surface area contributed by atoms with Crippen molar-refractivity contribution in [1.29, 1.82) is 0 Å². The molecule has 0 bridgehead atoms. The van der Waals surface area contributed by atoms with Gasteiger partial charge in [-0.1, -0.05) is 75.7 Å². The lowest BCUT2D eigenvalue weighted by molar-refractivity contribution is 0.231. The van der Waals surface area contributed by atoms with Gasteiger partial charge in [-0.2, -0.15) is 5.10 Å². The Labute approximate surface area is 230 Å². The number of rotatable bonds is 8. The minimum absolute atomic E-state index is 0. The van der Waals surface area contributed by atoms with Gasteiger partial charge < -0.3 is 11.1 Å². The number of benzene rings is 2.